The summed E-state index contributed by atoms with van der Waals surface area (Å²) in [6, 6.07) is 6.61. The van der Waals surface area contributed by atoms with E-state index < -0.39 is 0 Å². The molecule has 2 aliphatic heterocycles. The second kappa shape index (κ2) is 6.48. The zero-order valence-corrected chi connectivity index (χ0v) is 14.1. The molecule has 0 spiro atoms. The number of nitro groups is 1. The first-order chi connectivity index (χ1) is 10.2. The number of nitrogens with one attached hydrogen (secondary N) is 1. The Bertz CT molecular complexity index is 532. The molecular weight excluding hydrogens is 381 g/mol. The summed E-state index contributed by atoms with van der Waals surface area (Å²) >= 11 is 2.07. The summed E-state index contributed by atoms with van der Waals surface area (Å²) in [5.74, 6) is 0. The quantitative estimate of drug-likeness (QED) is 0.480. The molecule has 2 fully saturated rings. The molecule has 2 aliphatic rings. The van der Waals surface area contributed by atoms with Crippen LogP contribution in [0.4, 0.5) is 11.4 Å². The van der Waals surface area contributed by atoms with Crippen LogP contribution in [0.5, 0.6) is 0 Å². The van der Waals surface area contributed by atoms with Crippen molar-refractivity contribution in [3.05, 3.63) is 31.9 Å². The summed E-state index contributed by atoms with van der Waals surface area (Å²) in [6.07, 6.45) is 6.20. The minimum absolute atomic E-state index is 0.201. The zero-order valence-electron chi connectivity index (χ0n) is 11.9. The number of nitro benzene ring substituents is 1. The van der Waals surface area contributed by atoms with Crippen LogP contribution in [0.15, 0.2) is 18.2 Å². The number of anilines is 1. The normalized spacial score (nSPS) is 26.0. The molecule has 5 nitrogen and oxygen atoms in total. The SMILES string of the molecule is O=[N+]([O-])c1ccc(N2CCCCC2C2CCCN2)cc1I. The average molecular weight is 401 g/mol. The van der Waals surface area contributed by atoms with Crippen LogP contribution < -0.4 is 10.2 Å². The van der Waals surface area contributed by atoms with Gasteiger partial charge in [0.05, 0.1) is 8.49 Å². The molecule has 6 heteroatoms. The van der Waals surface area contributed by atoms with Gasteiger partial charge in [0.2, 0.25) is 0 Å². The van der Waals surface area contributed by atoms with E-state index in [2.05, 4.69) is 32.8 Å². The van der Waals surface area contributed by atoms with Crippen molar-refractivity contribution in [3.63, 3.8) is 0 Å². The lowest BCUT2D eigenvalue weighted by molar-refractivity contribution is -0.385. The van der Waals surface area contributed by atoms with Crippen LogP contribution in [0.2, 0.25) is 0 Å². The smallest absolute Gasteiger partial charge is 0.282 e. The van der Waals surface area contributed by atoms with E-state index in [4.69, 9.17) is 0 Å². The predicted octanol–water partition coefficient (Wildman–Crippen LogP) is 3.31. The monoisotopic (exact) mass is 401 g/mol. The Labute approximate surface area is 138 Å². The standard InChI is InChI=1S/C15H20IN3O2/c16-12-10-11(6-7-14(12)19(20)21)18-9-2-1-5-15(18)13-4-3-8-17-13/h6-7,10,13,15,17H,1-5,8-9H2. The van der Waals surface area contributed by atoms with E-state index in [0.717, 1.165) is 22.3 Å². The number of piperidine rings is 1. The third-order valence-electron chi connectivity index (χ3n) is 4.57. The first kappa shape index (κ1) is 15.0. The van der Waals surface area contributed by atoms with Crippen LogP contribution in [0, 0.1) is 13.7 Å². The fourth-order valence-corrected chi connectivity index (χ4v) is 4.25. The van der Waals surface area contributed by atoms with Crippen molar-refractivity contribution in [2.45, 2.75) is 44.2 Å². The molecule has 21 heavy (non-hydrogen) atoms. The maximum absolute atomic E-state index is 11.0. The fraction of sp³-hybridized carbons (Fsp3) is 0.600. The van der Waals surface area contributed by atoms with Gasteiger partial charge in [-0.1, -0.05) is 0 Å². The van der Waals surface area contributed by atoms with Gasteiger partial charge in [0.15, 0.2) is 0 Å². The molecule has 2 unspecified atom stereocenters. The van der Waals surface area contributed by atoms with E-state index in [9.17, 15) is 10.1 Å². The largest absolute Gasteiger partial charge is 0.367 e. The second-order valence-corrected chi connectivity index (χ2v) is 7.01. The van der Waals surface area contributed by atoms with E-state index in [1.54, 1.807) is 6.07 Å². The highest BCUT2D eigenvalue weighted by Crippen LogP contribution is 2.32. The first-order valence-corrected chi connectivity index (χ1v) is 8.68. The van der Waals surface area contributed by atoms with Crippen LogP contribution in [0.1, 0.15) is 32.1 Å². The van der Waals surface area contributed by atoms with Crippen molar-refractivity contribution in [3.8, 4) is 0 Å². The average Bonchev–Trinajstić information content (AvgIpc) is 3.01. The van der Waals surface area contributed by atoms with Crippen molar-refractivity contribution < 1.29 is 4.92 Å². The summed E-state index contributed by atoms with van der Waals surface area (Å²) in [6.45, 7) is 2.17. The van der Waals surface area contributed by atoms with Gasteiger partial charge in [-0.3, -0.25) is 10.1 Å². The van der Waals surface area contributed by atoms with Crippen molar-refractivity contribution in [2.75, 3.05) is 18.0 Å². The molecule has 3 rings (SSSR count). The highest BCUT2D eigenvalue weighted by Gasteiger charge is 2.32. The lowest BCUT2D eigenvalue weighted by atomic mass is 9.94. The van der Waals surface area contributed by atoms with Gasteiger partial charge in [0.25, 0.3) is 5.69 Å². The Balaban J connectivity index is 1.85. The van der Waals surface area contributed by atoms with Gasteiger partial charge in [-0.05, 0) is 73.4 Å². The Hall–Kier alpha value is -0.890. The van der Waals surface area contributed by atoms with Gasteiger partial charge in [-0.15, -0.1) is 0 Å². The van der Waals surface area contributed by atoms with Crippen molar-refractivity contribution in [2.24, 2.45) is 0 Å². The predicted molar refractivity (Wildman–Crippen MR) is 91.8 cm³/mol. The number of hydrogen-bond acceptors (Lipinski definition) is 4. The van der Waals surface area contributed by atoms with Gasteiger partial charge in [0.1, 0.15) is 0 Å². The van der Waals surface area contributed by atoms with Crippen LogP contribution in [0.25, 0.3) is 0 Å². The third-order valence-corrected chi connectivity index (χ3v) is 5.44. The fourth-order valence-electron chi connectivity index (χ4n) is 3.56. The Morgan fingerprint density at radius 2 is 2.14 bits per heavy atom. The second-order valence-electron chi connectivity index (χ2n) is 5.85. The van der Waals surface area contributed by atoms with Gasteiger partial charge in [-0.2, -0.15) is 0 Å². The summed E-state index contributed by atoms with van der Waals surface area (Å²) in [4.78, 5) is 13.1. The molecule has 1 aromatic carbocycles. The van der Waals surface area contributed by atoms with E-state index in [-0.39, 0.29) is 10.6 Å². The molecule has 0 aromatic heterocycles. The molecule has 2 atom stereocenters. The van der Waals surface area contributed by atoms with Crippen LogP contribution in [-0.4, -0.2) is 30.1 Å². The van der Waals surface area contributed by atoms with Crippen molar-refractivity contribution >= 4 is 34.0 Å². The van der Waals surface area contributed by atoms with Crippen LogP contribution in [0.3, 0.4) is 0 Å². The minimum atomic E-state index is -0.308. The highest BCUT2D eigenvalue weighted by atomic mass is 127. The van der Waals surface area contributed by atoms with Crippen LogP contribution in [-0.2, 0) is 0 Å². The van der Waals surface area contributed by atoms with Crippen LogP contribution >= 0.6 is 22.6 Å². The van der Waals surface area contributed by atoms with E-state index in [1.165, 1.54) is 32.1 Å². The van der Waals surface area contributed by atoms with E-state index in [0.29, 0.717) is 12.1 Å². The Morgan fingerprint density at radius 1 is 1.29 bits per heavy atom. The summed E-state index contributed by atoms with van der Waals surface area (Å²) in [7, 11) is 0. The van der Waals surface area contributed by atoms with Gasteiger partial charge in [0, 0.05) is 30.4 Å². The lowest BCUT2D eigenvalue weighted by Gasteiger charge is -2.41. The first-order valence-electron chi connectivity index (χ1n) is 7.61. The number of halogens is 1. The number of nitrogens with zero attached hydrogens (tertiary/aromatic N) is 2. The van der Waals surface area contributed by atoms with Gasteiger partial charge < -0.3 is 10.2 Å². The number of rotatable bonds is 3. The van der Waals surface area contributed by atoms with Crippen molar-refractivity contribution in [1.82, 2.24) is 5.32 Å². The molecule has 0 amide bonds. The summed E-state index contributed by atoms with van der Waals surface area (Å²) < 4.78 is 0.721. The Kier molecular flexibility index (Phi) is 4.63. The van der Waals surface area contributed by atoms with Crippen molar-refractivity contribution in [1.29, 1.82) is 0 Å². The molecule has 1 N–H and O–H groups in total. The maximum atomic E-state index is 11.0. The molecule has 2 heterocycles. The molecule has 0 saturated carbocycles. The summed E-state index contributed by atoms with van der Waals surface area (Å²) in [5.41, 5.74) is 1.33. The molecule has 0 aliphatic carbocycles. The topological polar surface area (TPSA) is 58.4 Å². The third kappa shape index (κ3) is 3.15. The molecule has 1 aromatic rings. The molecular formula is C15H20IN3O2. The molecule has 114 valence electrons. The Morgan fingerprint density at radius 3 is 2.81 bits per heavy atom. The maximum Gasteiger partial charge on any atom is 0.282 e. The molecule has 0 radical (unpaired) electrons. The zero-order chi connectivity index (χ0) is 14.8. The molecule has 2 saturated heterocycles. The number of hydrogen-bond donors (Lipinski definition) is 1. The van der Waals surface area contributed by atoms with E-state index in [1.807, 2.05) is 12.1 Å². The van der Waals surface area contributed by atoms with E-state index >= 15 is 0 Å². The van der Waals surface area contributed by atoms with Gasteiger partial charge in [-0.25, -0.2) is 0 Å². The lowest BCUT2D eigenvalue weighted by Crippen LogP contribution is -2.50. The summed E-state index contributed by atoms with van der Waals surface area (Å²) in [5, 5.41) is 14.6. The molecule has 0 bridgehead atoms. The minimum Gasteiger partial charge on any atom is -0.367 e. The number of benzene rings is 1. The highest BCUT2D eigenvalue weighted by molar-refractivity contribution is 14.1. The van der Waals surface area contributed by atoms with Gasteiger partial charge >= 0.3 is 0 Å².